The van der Waals surface area contributed by atoms with E-state index in [9.17, 15) is 9.59 Å². The summed E-state index contributed by atoms with van der Waals surface area (Å²) in [5, 5.41) is 3.50. The number of hydrogen-bond donors (Lipinski definition) is 1. The Morgan fingerprint density at radius 1 is 1.16 bits per heavy atom. The average Bonchev–Trinajstić information content (AvgIpc) is 3.40. The highest BCUT2D eigenvalue weighted by Crippen LogP contribution is 2.44. The number of ether oxygens (including phenoxy) is 2. The SMILES string of the molecule is C=CCOC(=O)[C@@H]1CSC([C@@H](C)NC(=O)OCC2c3ccccc3-c3ccccc32)=N1. The molecule has 0 unspecified atom stereocenters. The summed E-state index contributed by atoms with van der Waals surface area (Å²) in [7, 11) is 0. The van der Waals surface area contributed by atoms with Crippen molar-refractivity contribution in [2.75, 3.05) is 19.0 Å². The lowest BCUT2D eigenvalue weighted by atomic mass is 9.98. The number of alkyl carbamates (subject to hydrolysis) is 1. The van der Waals surface area contributed by atoms with Crippen LogP contribution < -0.4 is 5.32 Å². The lowest BCUT2D eigenvalue weighted by Gasteiger charge is -2.17. The molecule has 0 saturated carbocycles. The number of aliphatic imine (C=N–C) groups is 1. The fourth-order valence-corrected chi connectivity index (χ4v) is 4.92. The first kappa shape index (κ1) is 21.2. The summed E-state index contributed by atoms with van der Waals surface area (Å²) >= 11 is 1.44. The number of fused-ring (bicyclic) bond motifs is 3. The van der Waals surface area contributed by atoms with Crippen LogP contribution in [0.5, 0.6) is 0 Å². The number of thioether (sulfide) groups is 1. The molecule has 2 aliphatic rings. The molecule has 0 bridgehead atoms. The van der Waals surface area contributed by atoms with Crippen LogP contribution in [0.1, 0.15) is 24.0 Å². The number of nitrogens with zero attached hydrogens (tertiary/aromatic N) is 1. The van der Waals surface area contributed by atoms with E-state index in [1.807, 2.05) is 31.2 Å². The number of carbonyl (C=O) groups excluding carboxylic acids is 2. The zero-order valence-corrected chi connectivity index (χ0v) is 18.1. The van der Waals surface area contributed by atoms with E-state index in [4.69, 9.17) is 9.47 Å². The van der Waals surface area contributed by atoms with Gasteiger partial charge in [0.05, 0.1) is 11.1 Å². The third-order valence-corrected chi connectivity index (χ3v) is 6.57. The van der Waals surface area contributed by atoms with Gasteiger partial charge in [-0.25, -0.2) is 9.59 Å². The molecule has 2 aromatic rings. The quantitative estimate of drug-likeness (QED) is 0.521. The fraction of sp³-hybridized carbons (Fsp3) is 0.292. The zero-order chi connectivity index (χ0) is 21.8. The summed E-state index contributed by atoms with van der Waals surface area (Å²) in [6.45, 7) is 5.77. The first-order valence-electron chi connectivity index (χ1n) is 10.2. The van der Waals surface area contributed by atoms with Crippen LogP contribution in [0.25, 0.3) is 11.1 Å². The molecule has 1 aliphatic carbocycles. The first-order valence-corrected chi connectivity index (χ1v) is 11.2. The van der Waals surface area contributed by atoms with Crippen LogP contribution in [-0.4, -0.2) is 48.2 Å². The van der Waals surface area contributed by atoms with Crippen molar-refractivity contribution in [1.82, 2.24) is 5.32 Å². The summed E-state index contributed by atoms with van der Waals surface area (Å²) in [6, 6.07) is 15.5. The summed E-state index contributed by atoms with van der Waals surface area (Å²) in [5.74, 6) is 0.133. The van der Waals surface area contributed by atoms with E-state index in [0.717, 1.165) is 0 Å². The lowest BCUT2D eigenvalue weighted by Crippen LogP contribution is -2.37. The van der Waals surface area contributed by atoms with Crippen LogP contribution in [-0.2, 0) is 14.3 Å². The molecule has 0 radical (unpaired) electrons. The highest BCUT2D eigenvalue weighted by Gasteiger charge is 2.31. The van der Waals surface area contributed by atoms with Gasteiger partial charge in [-0.15, -0.1) is 11.8 Å². The second-order valence-corrected chi connectivity index (χ2v) is 8.44. The smallest absolute Gasteiger partial charge is 0.407 e. The van der Waals surface area contributed by atoms with E-state index >= 15 is 0 Å². The van der Waals surface area contributed by atoms with Crippen molar-refractivity contribution >= 4 is 28.9 Å². The first-order chi connectivity index (χ1) is 15.1. The van der Waals surface area contributed by atoms with Gasteiger partial charge < -0.3 is 14.8 Å². The predicted molar refractivity (Wildman–Crippen MR) is 123 cm³/mol. The Bertz CT molecular complexity index is 990. The Morgan fingerprint density at radius 2 is 1.81 bits per heavy atom. The van der Waals surface area contributed by atoms with Gasteiger partial charge in [-0.05, 0) is 29.2 Å². The molecule has 1 aliphatic heterocycles. The number of hydrogen-bond acceptors (Lipinski definition) is 6. The second kappa shape index (κ2) is 9.39. The minimum absolute atomic E-state index is 0.00987. The Hall–Kier alpha value is -3.06. The van der Waals surface area contributed by atoms with Crippen molar-refractivity contribution in [3.63, 3.8) is 0 Å². The fourth-order valence-electron chi connectivity index (χ4n) is 3.87. The van der Waals surface area contributed by atoms with Crippen molar-refractivity contribution in [2.24, 2.45) is 4.99 Å². The van der Waals surface area contributed by atoms with Gasteiger partial charge in [0.15, 0.2) is 6.04 Å². The molecule has 1 heterocycles. The number of nitrogens with one attached hydrogen (secondary N) is 1. The maximum absolute atomic E-state index is 12.4. The van der Waals surface area contributed by atoms with E-state index in [2.05, 4.69) is 41.2 Å². The third kappa shape index (κ3) is 4.51. The second-order valence-electron chi connectivity index (χ2n) is 7.40. The van der Waals surface area contributed by atoms with Gasteiger partial charge in [-0.1, -0.05) is 61.2 Å². The standard InChI is InChI=1S/C24H24N2O4S/c1-3-12-29-23(27)21-14-31-22(26-21)15(2)25-24(28)30-13-20-18-10-6-4-8-16(18)17-9-5-7-11-19(17)20/h3-11,15,20-21H,1,12-14H2,2H3,(H,25,28)/t15-,21+/m1/s1. The maximum Gasteiger partial charge on any atom is 0.407 e. The molecule has 160 valence electrons. The van der Waals surface area contributed by atoms with Crippen LogP contribution in [0.3, 0.4) is 0 Å². The van der Waals surface area contributed by atoms with Crippen LogP contribution in [0, 0.1) is 0 Å². The zero-order valence-electron chi connectivity index (χ0n) is 17.2. The molecule has 1 N–H and O–H groups in total. The summed E-state index contributed by atoms with van der Waals surface area (Å²) < 4.78 is 10.6. The molecule has 0 fully saturated rings. The van der Waals surface area contributed by atoms with Gasteiger partial charge in [-0.2, -0.15) is 0 Å². The average molecular weight is 437 g/mol. The Morgan fingerprint density at radius 3 is 2.45 bits per heavy atom. The molecule has 7 heteroatoms. The normalized spacial score (nSPS) is 17.8. The molecule has 2 aromatic carbocycles. The molecule has 1 amide bonds. The van der Waals surface area contributed by atoms with Crippen molar-refractivity contribution in [2.45, 2.75) is 24.9 Å². The van der Waals surface area contributed by atoms with E-state index < -0.39 is 12.1 Å². The maximum atomic E-state index is 12.4. The summed E-state index contributed by atoms with van der Waals surface area (Å²) in [6.07, 6.45) is 1.02. The molecule has 0 aromatic heterocycles. The Balaban J connectivity index is 1.35. The Labute approximate surface area is 185 Å². The predicted octanol–water partition coefficient (Wildman–Crippen LogP) is 4.16. The van der Waals surface area contributed by atoms with Gasteiger partial charge in [0.2, 0.25) is 0 Å². The van der Waals surface area contributed by atoms with Gasteiger partial charge in [0.25, 0.3) is 0 Å². The van der Waals surface area contributed by atoms with E-state index in [-0.39, 0.29) is 31.1 Å². The van der Waals surface area contributed by atoms with Crippen LogP contribution in [0.4, 0.5) is 4.79 Å². The highest BCUT2D eigenvalue weighted by molar-refractivity contribution is 8.14. The van der Waals surface area contributed by atoms with E-state index in [1.165, 1.54) is 40.1 Å². The van der Waals surface area contributed by atoms with Gasteiger partial charge >= 0.3 is 12.1 Å². The van der Waals surface area contributed by atoms with Crippen molar-refractivity contribution in [3.8, 4) is 11.1 Å². The number of amides is 1. The number of esters is 1. The molecule has 31 heavy (non-hydrogen) atoms. The number of rotatable bonds is 7. The van der Waals surface area contributed by atoms with Crippen molar-refractivity contribution in [1.29, 1.82) is 0 Å². The minimum Gasteiger partial charge on any atom is -0.460 e. The van der Waals surface area contributed by atoms with Gasteiger partial charge in [-0.3, -0.25) is 4.99 Å². The Kier molecular flexibility index (Phi) is 6.42. The summed E-state index contributed by atoms with van der Waals surface area (Å²) in [5.41, 5.74) is 4.71. The molecule has 2 atom stereocenters. The largest absolute Gasteiger partial charge is 0.460 e. The molecular weight excluding hydrogens is 412 g/mol. The van der Waals surface area contributed by atoms with Gasteiger partial charge in [0, 0.05) is 11.7 Å². The topological polar surface area (TPSA) is 77.0 Å². The number of benzene rings is 2. The minimum atomic E-state index is -0.549. The monoisotopic (exact) mass is 436 g/mol. The van der Waals surface area contributed by atoms with Crippen LogP contribution in [0.15, 0.2) is 66.2 Å². The molecule has 6 nitrogen and oxygen atoms in total. The van der Waals surface area contributed by atoms with Crippen molar-refractivity contribution in [3.05, 3.63) is 72.3 Å². The van der Waals surface area contributed by atoms with Gasteiger partial charge in [0.1, 0.15) is 13.2 Å². The van der Waals surface area contributed by atoms with Crippen LogP contribution in [0.2, 0.25) is 0 Å². The van der Waals surface area contributed by atoms with Crippen molar-refractivity contribution < 1.29 is 19.1 Å². The lowest BCUT2D eigenvalue weighted by molar-refractivity contribution is -0.143. The number of carbonyl (C=O) groups is 2. The third-order valence-electron chi connectivity index (χ3n) is 5.34. The molecular formula is C24H24N2O4S. The molecule has 0 saturated heterocycles. The summed E-state index contributed by atoms with van der Waals surface area (Å²) in [4.78, 5) is 28.8. The van der Waals surface area contributed by atoms with Crippen LogP contribution >= 0.6 is 11.8 Å². The molecule has 4 rings (SSSR count). The highest BCUT2D eigenvalue weighted by atomic mass is 32.2. The molecule has 0 spiro atoms. The van der Waals surface area contributed by atoms with E-state index in [0.29, 0.717) is 10.8 Å². The van der Waals surface area contributed by atoms with E-state index in [1.54, 1.807) is 0 Å².